The van der Waals surface area contributed by atoms with E-state index in [9.17, 15) is 9.18 Å². The van der Waals surface area contributed by atoms with Crippen LogP contribution >= 0.6 is 11.8 Å². The fourth-order valence-electron chi connectivity index (χ4n) is 2.01. The fourth-order valence-corrected chi connectivity index (χ4v) is 2.89. The van der Waals surface area contributed by atoms with E-state index in [-0.39, 0.29) is 16.8 Å². The van der Waals surface area contributed by atoms with Crippen LogP contribution in [0.2, 0.25) is 0 Å². The second-order valence-corrected chi connectivity index (χ2v) is 6.29. The maximum absolute atomic E-state index is 13.6. The molecule has 1 N–H and O–H groups in total. The van der Waals surface area contributed by atoms with Gasteiger partial charge in [-0.05, 0) is 32.0 Å². The Morgan fingerprint density at radius 1 is 1.22 bits per heavy atom. The molecule has 0 heterocycles. The first-order valence-electron chi connectivity index (χ1n) is 7.49. The predicted octanol–water partition coefficient (Wildman–Crippen LogP) is 4.48. The van der Waals surface area contributed by atoms with Gasteiger partial charge < -0.3 is 10.1 Å². The lowest BCUT2D eigenvalue weighted by atomic mass is 10.2. The summed E-state index contributed by atoms with van der Waals surface area (Å²) in [5.41, 5.74) is 1.25. The number of anilines is 1. The summed E-state index contributed by atoms with van der Waals surface area (Å²) in [6.45, 7) is 4.35. The van der Waals surface area contributed by atoms with E-state index in [1.807, 2.05) is 38.1 Å². The van der Waals surface area contributed by atoms with E-state index in [0.29, 0.717) is 12.4 Å². The van der Waals surface area contributed by atoms with Crippen LogP contribution in [-0.4, -0.2) is 17.8 Å². The quantitative estimate of drug-likeness (QED) is 0.811. The Hall–Kier alpha value is -2.01. The van der Waals surface area contributed by atoms with Crippen LogP contribution in [0.5, 0.6) is 5.75 Å². The highest BCUT2D eigenvalue weighted by atomic mass is 32.2. The Morgan fingerprint density at radius 3 is 2.65 bits per heavy atom. The summed E-state index contributed by atoms with van der Waals surface area (Å²) in [6, 6.07) is 13.9. The zero-order chi connectivity index (χ0) is 16.7. The lowest BCUT2D eigenvalue weighted by molar-refractivity contribution is -0.115. The molecule has 0 fully saturated rings. The third-order valence-corrected chi connectivity index (χ3v) is 4.45. The number of amides is 1. The highest BCUT2D eigenvalue weighted by Crippen LogP contribution is 2.26. The molecule has 0 spiro atoms. The number of para-hydroxylation sites is 2. The molecular weight excluding hydrogens is 313 g/mol. The largest absolute Gasteiger partial charge is 0.494 e. The van der Waals surface area contributed by atoms with Crippen LogP contribution in [0.3, 0.4) is 0 Å². The Balaban J connectivity index is 1.93. The lowest BCUT2D eigenvalue weighted by Gasteiger charge is -2.14. The first-order valence-corrected chi connectivity index (χ1v) is 8.54. The molecule has 0 aliphatic carbocycles. The zero-order valence-electron chi connectivity index (χ0n) is 13.2. The maximum atomic E-state index is 13.6. The number of carbonyl (C=O) groups is 1. The molecule has 5 heteroatoms. The van der Waals surface area contributed by atoms with Gasteiger partial charge in [0.2, 0.25) is 5.91 Å². The monoisotopic (exact) mass is 333 g/mol. The number of hydrogen-bond acceptors (Lipinski definition) is 3. The summed E-state index contributed by atoms with van der Waals surface area (Å²) < 4.78 is 19.1. The minimum atomic E-state index is -0.431. The van der Waals surface area contributed by atoms with E-state index in [4.69, 9.17) is 4.74 Å². The highest BCUT2D eigenvalue weighted by molar-refractivity contribution is 7.99. The van der Waals surface area contributed by atoms with Gasteiger partial charge in [-0.15, -0.1) is 11.8 Å². The Labute approximate surface area is 140 Å². The van der Waals surface area contributed by atoms with Gasteiger partial charge in [0.25, 0.3) is 0 Å². The van der Waals surface area contributed by atoms with Crippen molar-refractivity contribution in [1.29, 1.82) is 0 Å². The van der Waals surface area contributed by atoms with Gasteiger partial charge in [-0.3, -0.25) is 4.79 Å². The van der Waals surface area contributed by atoms with Crippen LogP contribution in [0, 0.1) is 5.82 Å². The highest BCUT2D eigenvalue weighted by Gasteiger charge is 2.16. The topological polar surface area (TPSA) is 38.3 Å². The molecule has 3 nitrogen and oxygen atoms in total. The predicted molar refractivity (Wildman–Crippen MR) is 93.4 cm³/mol. The van der Waals surface area contributed by atoms with Crippen molar-refractivity contribution in [2.45, 2.75) is 24.9 Å². The van der Waals surface area contributed by atoms with Gasteiger partial charge in [-0.25, -0.2) is 4.39 Å². The molecule has 0 aromatic heterocycles. The van der Waals surface area contributed by atoms with Crippen molar-refractivity contribution >= 4 is 23.4 Å². The number of ether oxygens (including phenoxy) is 1. The van der Waals surface area contributed by atoms with Crippen molar-refractivity contribution in [2.24, 2.45) is 0 Å². The van der Waals surface area contributed by atoms with Gasteiger partial charge in [-0.1, -0.05) is 30.3 Å². The van der Waals surface area contributed by atoms with Crippen molar-refractivity contribution in [3.05, 3.63) is 59.9 Å². The summed E-state index contributed by atoms with van der Waals surface area (Å²) in [5, 5.41) is 2.32. The third kappa shape index (κ3) is 4.99. The minimum absolute atomic E-state index is 0.208. The van der Waals surface area contributed by atoms with Crippen LogP contribution in [0.1, 0.15) is 19.4 Å². The smallest absolute Gasteiger partial charge is 0.237 e. The molecule has 2 aromatic carbocycles. The first kappa shape index (κ1) is 17.3. The molecule has 1 amide bonds. The third-order valence-electron chi connectivity index (χ3n) is 3.26. The van der Waals surface area contributed by atoms with Crippen LogP contribution in [0.25, 0.3) is 0 Å². The maximum Gasteiger partial charge on any atom is 0.237 e. The molecular formula is C18H20FNO2S. The average Bonchev–Trinajstić information content (AvgIpc) is 2.56. The molecule has 23 heavy (non-hydrogen) atoms. The molecule has 0 radical (unpaired) electrons. The van der Waals surface area contributed by atoms with Crippen molar-refractivity contribution in [3.63, 3.8) is 0 Å². The molecule has 122 valence electrons. The molecule has 0 aliphatic heterocycles. The van der Waals surface area contributed by atoms with Crippen molar-refractivity contribution in [3.8, 4) is 5.75 Å². The van der Waals surface area contributed by atoms with E-state index in [1.165, 1.54) is 17.8 Å². The SMILES string of the molecule is CCOc1ccccc1CS[C@@H](C)C(=O)Nc1ccccc1F. The molecule has 2 aromatic rings. The van der Waals surface area contributed by atoms with Crippen LogP contribution in [-0.2, 0) is 10.5 Å². The van der Waals surface area contributed by atoms with E-state index < -0.39 is 5.82 Å². The summed E-state index contributed by atoms with van der Waals surface area (Å²) >= 11 is 1.49. The summed E-state index contributed by atoms with van der Waals surface area (Å²) in [4.78, 5) is 12.2. The number of thioether (sulfide) groups is 1. The number of nitrogens with one attached hydrogen (secondary N) is 1. The number of carbonyl (C=O) groups excluding carboxylic acids is 1. The Bertz CT molecular complexity index is 663. The molecule has 1 atom stereocenters. The van der Waals surface area contributed by atoms with Crippen molar-refractivity contribution < 1.29 is 13.9 Å². The standard InChI is InChI=1S/C18H20FNO2S/c1-3-22-17-11-7-4-8-14(17)12-23-13(2)18(21)20-16-10-6-5-9-15(16)19/h4-11,13H,3,12H2,1-2H3,(H,20,21)/t13-/m0/s1. The van der Waals surface area contributed by atoms with Crippen LogP contribution in [0.4, 0.5) is 10.1 Å². The number of rotatable bonds is 7. The average molecular weight is 333 g/mol. The van der Waals surface area contributed by atoms with E-state index in [0.717, 1.165) is 11.3 Å². The summed E-state index contributed by atoms with van der Waals surface area (Å²) in [7, 11) is 0. The fraction of sp³-hybridized carbons (Fsp3) is 0.278. The zero-order valence-corrected chi connectivity index (χ0v) is 14.0. The van der Waals surface area contributed by atoms with Gasteiger partial charge in [0.05, 0.1) is 17.5 Å². The summed E-state index contributed by atoms with van der Waals surface area (Å²) in [6.07, 6.45) is 0. The van der Waals surface area contributed by atoms with Crippen LogP contribution < -0.4 is 10.1 Å². The van der Waals surface area contributed by atoms with Gasteiger partial charge in [-0.2, -0.15) is 0 Å². The van der Waals surface area contributed by atoms with E-state index in [2.05, 4.69) is 5.32 Å². The molecule has 0 bridgehead atoms. The second-order valence-electron chi connectivity index (χ2n) is 4.96. The van der Waals surface area contributed by atoms with Crippen molar-refractivity contribution in [1.82, 2.24) is 0 Å². The van der Waals surface area contributed by atoms with Gasteiger partial charge in [0, 0.05) is 11.3 Å². The first-order chi connectivity index (χ1) is 11.1. The lowest BCUT2D eigenvalue weighted by Crippen LogP contribution is -2.23. The molecule has 0 aliphatic rings. The Kier molecular flexibility index (Phi) is 6.47. The molecule has 0 saturated carbocycles. The number of benzene rings is 2. The molecule has 0 unspecified atom stereocenters. The van der Waals surface area contributed by atoms with Gasteiger partial charge in [0.1, 0.15) is 11.6 Å². The number of halogens is 1. The normalized spacial score (nSPS) is 11.8. The molecule has 0 saturated heterocycles. The van der Waals surface area contributed by atoms with Crippen LogP contribution in [0.15, 0.2) is 48.5 Å². The summed E-state index contributed by atoms with van der Waals surface area (Å²) in [5.74, 6) is 0.847. The van der Waals surface area contributed by atoms with Gasteiger partial charge in [0.15, 0.2) is 0 Å². The van der Waals surface area contributed by atoms with E-state index in [1.54, 1.807) is 18.2 Å². The van der Waals surface area contributed by atoms with Crippen molar-refractivity contribution in [2.75, 3.05) is 11.9 Å². The molecule has 2 rings (SSSR count). The Morgan fingerprint density at radius 2 is 1.91 bits per heavy atom. The van der Waals surface area contributed by atoms with Gasteiger partial charge >= 0.3 is 0 Å². The number of hydrogen-bond donors (Lipinski definition) is 1. The second kappa shape index (κ2) is 8.58. The minimum Gasteiger partial charge on any atom is -0.494 e. The van der Waals surface area contributed by atoms with E-state index >= 15 is 0 Å².